The van der Waals surface area contributed by atoms with Crippen LogP contribution in [0.15, 0.2) is 48.5 Å². The predicted octanol–water partition coefficient (Wildman–Crippen LogP) is 4.20. The number of carbonyl (C=O) groups excluding carboxylic acids is 2. The van der Waals surface area contributed by atoms with Crippen LogP contribution in [-0.2, 0) is 9.53 Å². The second-order valence-electron chi connectivity index (χ2n) is 10.1. The normalized spacial score (nSPS) is 21.7. The zero-order valence-electron chi connectivity index (χ0n) is 22.0. The van der Waals surface area contributed by atoms with Gasteiger partial charge in [0.05, 0.1) is 29.3 Å². The molecule has 3 atom stereocenters. The van der Waals surface area contributed by atoms with Crippen molar-refractivity contribution in [2.75, 3.05) is 52.5 Å². The van der Waals surface area contributed by atoms with Crippen LogP contribution in [0, 0.1) is 0 Å². The molecule has 2 aromatic rings. The van der Waals surface area contributed by atoms with Crippen molar-refractivity contribution in [1.82, 2.24) is 20.4 Å². The molecule has 206 valence electrons. The van der Waals surface area contributed by atoms with Crippen LogP contribution in [0.25, 0.3) is 0 Å². The van der Waals surface area contributed by atoms with Gasteiger partial charge in [0.25, 0.3) is 5.91 Å². The summed E-state index contributed by atoms with van der Waals surface area (Å²) in [4.78, 5) is 30.9. The Hall–Kier alpha value is -2.16. The molecule has 0 aliphatic carbocycles. The lowest BCUT2D eigenvalue weighted by Gasteiger charge is -2.31. The molecule has 0 unspecified atom stereocenters. The summed E-state index contributed by atoms with van der Waals surface area (Å²) in [5, 5.41) is 7.36. The third-order valence-electron chi connectivity index (χ3n) is 7.53. The molecule has 2 aliphatic heterocycles. The number of morpholine rings is 1. The number of nitrogens with zero attached hydrogens (tertiary/aromatic N) is 2. The van der Waals surface area contributed by atoms with Crippen LogP contribution in [0.5, 0.6) is 0 Å². The van der Waals surface area contributed by atoms with Gasteiger partial charge in [-0.2, -0.15) is 0 Å². The first-order valence-electron chi connectivity index (χ1n) is 13.6. The van der Waals surface area contributed by atoms with Crippen molar-refractivity contribution in [3.8, 4) is 0 Å². The molecule has 2 saturated heterocycles. The van der Waals surface area contributed by atoms with Crippen LogP contribution < -0.4 is 10.6 Å². The Morgan fingerprint density at radius 2 is 1.87 bits per heavy atom. The van der Waals surface area contributed by atoms with Crippen LogP contribution >= 0.6 is 23.2 Å². The van der Waals surface area contributed by atoms with Crippen molar-refractivity contribution in [2.45, 2.75) is 44.2 Å². The summed E-state index contributed by atoms with van der Waals surface area (Å²) in [5.41, 5.74) is 1.72. The minimum Gasteiger partial charge on any atom is -0.379 e. The maximum Gasteiger partial charge on any atom is 0.251 e. The quantitative estimate of drug-likeness (QED) is 0.455. The SMILES string of the molecule is CC[C@H](CN1CC[C@H](CNC(=O)c2ccc(Cl)c(Cl)c2)N[C@H](CCN2CCOCC2)C1=O)c1ccccc1. The van der Waals surface area contributed by atoms with E-state index in [9.17, 15) is 9.59 Å². The first-order chi connectivity index (χ1) is 18.4. The Morgan fingerprint density at radius 3 is 2.58 bits per heavy atom. The van der Waals surface area contributed by atoms with E-state index in [4.69, 9.17) is 27.9 Å². The minimum absolute atomic E-state index is 0.0258. The van der Waals surface area contributed by atoms with Gasteiger partial charge in [0.1, 0.15) is 0 Å². The molecule has 2 fully saturated rings. The molecule has 0 spiro atoms. The topological polar surface area (TPSA) is 73.9 Å². The van der Waals surface area contributed by atoms with Crippen molar-refractivity contribution < 1.29 is 14.3 Å². The van der Waals surface area contributed by atoms with Gasteiger partial charge < -0.3 is 20.3 Å². The van der Waals surface area contributed by atoms with Gasteiger partial charge in [-0.05, 0) is 43.0 Å². The maximum absolute atomic E-state index is 13.8. The van der Waals surface area contributed by atoms with Crippen molar-refractivity contribution in [1.29, 1.82) is 0 Å². The number of hydrogen-bond acceptors (Lipinski definition) is 5. The minimum atomic E-state index is -0.305. The van der Waals surface area contributed by atoms with Crippen LogP contribution in [0.1, 0.15) is 48.0 Å². The van der Waals surface area contributed by atoms with E-state index in [-0.39, 0.29) is 29.8 Å². The van der Waals surface area contributed by atoms with Gasteiger partial charge in [0.15, 0.2) is 0 Å². The largest absolute Gasteiger partial charge is 0.379 e. The van der Waals surface area contributed by atoms with Crippen molar-refractivity contribution >= 4 is 35.0 Å². The molecule has 2 N–H and O–H groups in total. The number of rotatable bonds is 10. The van der Waals surface area contributed by atoms with Crippen LogP contribution in [0.3, 0.4) is 0 Å². The number of benzene rings is 2. The van der Waals surface area contributed by atoms with E-state index in [1.807, 2.05) is 11.0 Å². The fourth-order valence-corrected chi connectivity index (χ4v) is 5.48. The van der Waals surface area contributed by atoms with Crippen LogP contribution in [0.4, 0.5) is 0 Å². The van der Waals surface area contributed by atoms with E-state index < -0.39 is 0 Å². The lowest BCUT2D eigenvalue weighted by molar-refractivity contribution is -0.133. The highest BCUT2D eigenvalue weighted by molar-refractivity contribution is 6.42. The Kier molecular flexibility index (Phi) is 10.8. The fraction of sp³-hybridized carbons (Fsp3) is 0.517. The third-order valence-corrected chi connectivity index (χ3v) is 8.27. The Balaban J connectivity index is 1.43. The second kappa shape index (κ2) is 14.3. The second-order valence-corrected chi connectivity index (χ2v) is 10.9. The molecule has 9 heteroatoms. The highest BCUT2D eigenvalue weighted by atomic mass is 35.5. The molecule has 0 radical (unpaired) electrons. The molecule has 4 rings (SSSR count). The summed E-state index contributed by atoms with van der Waals surface area (Å²) in [6, 6.07) is 15.0. The summed E-state index contributed by atoms with van der Waals surface area (Å²) in [7, 11) is 0. The molecule has 38 heavy (non-hydrogen) atoms. The monoisotopic (exact) mass is 560 g/mol. The van der Waals surface area contributed by atoms with Crippen LogP contribution in [-0.4, -0.2) is 86.2 Å². The number of ether oxygens (including phenoxy) is 1. The average molecular weight is 562 g/mol. The molecule has 0 aromatic heterocycles. The van der Waals surface area contributed by atoms with Crippen molar-refractivity contribution in [3.63, 3.8) is 0 Å². The molecule has 0 saturated carbocycles. The smallest absolute Gasteiger partial charge is 0.251 e. The molecular formula is C29H38Cl2N4O3. The van der Waals surface area contributed by atoms with E-state index in [0.717, 1.165) is 45.7 Å². The highest BCUT2D eigenvalue weighted by Crippen LogP contribution is 2.24. The van der Waals surface area contributed by atoms with E-state index in [1.54, 1.807) is 18.2 Å². The van der Waals surface area contributed by atoms with Crippen molar-refractivity contribution in [2.24, 2.45) is 0 Å². The van der Waals surface area contributed by atoms with E-state index in [1.165, 1.54) is 5.56 Å². The van der Waals surface area contributed by atoms with Gasteiger partial charge in [-0.15, -0.1) is 0 Å². The standard InChI is InChI=1S/C29H38Cl2N4O3/c1-2-21(22-6-4-3-5-7-22)20-35-13-10-24(19-32-28(36)23-8-9-25(30)26(31)18-23)33-27(29(35)37)11-12-34-14-16-38-17-15-34/h3-9,18,21,24,27,33H,2,10-17,19-20H2,1H3,(H,32,36)/t21-,24-,27-/m1/s1. The molecule has 2 heterocycles. The lowest BCUT2D eigenvalue weighted by atomic mass is 9.95. The third kappa shape index (κ3) is 7.93. The van der Waals surface area contributed by atoms with Gasteiger partial charge in [0.2, 0.25) is 5.91 Å². The Morgan fingerprint density at radius 1 is 1.11 bits per heavy atom. The van der Waals surface area contributed by atoms with Crippen LogP contribution in [0.2, 0.25) is 10.0 Å². The molecule has 2 amide bonds. The van der Waals surface area contributed by atoms with E-state index in [2.05, 4.69) is 46.7 Å². The average Bonchev–Trinajstić information content (AvgIpc) is 3.09. The van der Waals surface area contributed by atoms with Gasteiger partial charge in [-0.3, -0.25) is 14.5 Å². The van der Waals surface area contributed by atoms with E-state index in [0.29, 0.717) is 41.7 Å². The zero-order chi connectivity index (χ0) is 26.9. The summed E-state index contributed by atoms with van der Waals surface area (Å²) in [5.74, 6) is 0.217. The number of carbonyl (C=O) groups is 2. The Labute approximate surface area is 235 Å². The highest BCUT2D eigenvalue weighted by Gasteiger charge is 2.32. The lowest BCUT2D eigenvalue weighted by Crippen LogP contribution is -2.50. The number of nitrogens with one attached hydrogen (secondary N) is 2. The number of hydrogen-bond donors (Lipinski definition) is 2. The van der Waals surface area contributed by atoms with Crippen molar-refractivity contribution in [3.05, 3.63) is 69.7 Å². The molecule has 7 nitrogen and oxygen atoms in total. The molecular weight excluding hydrogens is 523 g/mol. The zero-order valence-corrected chi connectivity index (χ0v) is 23.5. The number of halogens is 2. The van der Waals surface area contributed by atoms with E-state index >= 15 is 0 Å². The fourth-order valence-electron chi connectivity index (χ4n) is 5.18. The molecule has 0 bridgehead atoms. The van der Waals surface area contributed by atoms with Gasteiger partial charge in [-0.25, -0.2) is 0 Å². The maximum atomic E-state index is 13.8. The van der Waals surface area contributed by atoms with Gasteiger partial charge in [0, 0.05) is 56.8 Å². The van der Waals surface area contributed by atoms with Gasteiger partial charge in [-0.1, -0.05) is 60.5 Å². The summed E-state index contributed by atoms with van der Waals surface area (Å²) in [6.07, 6.45) is 2.43. The van der Waals surface area contributed by atoms with Gasteiger partial charge >= 0.3 is 0 Å². The Bertz CT molecular complexity index is 1070. The molecule has 2 aromatic carbocycles. The summed E-state index contributed by atoms with van der Waals surface area (Å²) < 4.78 is 5.48. The molecule has 2 aliphatic rings. The number of amides is 2. The first kappa shape index (κ1) is 28.8. The summed E-state index contributed by atoms with van der Waals surface area (Å²) in [6.45, 7) is 8.01. The summed E-state index contributed by atoms with van der Waals surface area (Å²) >= 11 is 12.1. The first-order valence-corrected chi connectivity index (χ1v) is 14.3. The predicted molar refractivity (Wildman–Crippen MR) is 152 cm³/mol.